The lowest BCUT2D eigenvalue weighted by Gasteiger charge is -2.25. The molecule has 0 bridgehead atoms. The standard InChI is InChI=1S/C14H25NS/c1-12-8-6-4-2-3-5-7-9-13-14(12)16-11-10-15-13/h12,15H,2-11H2,1H3. The summed E-state index contributed by atoms with van der Waals surface area (Å²) in [5.74, 6) is 2.06. The second-order valence-electron chi connectivity index (χ2n) is 5.18. The van der Waals surface area contributed by atoms with Gasteiger partial charge in [0.2, 0.25) is 0 Å². The summed E-state index contributed by atoms with van der Waals surface area (Å²) in [6, 6.07) is 0. The number of hydrogen-bond acceptors (Lipinski definition) is 2. The normalized spacial score (nSPS) is 28.9. The molecule has 0 spiro atoms. The van der Waals surface area contributed by atoms with E-state index in [2.05, 4.69) is 24.0 Å². The SMILES string of the molecule is CC1CCCCCCCCC2=C1SCCN2. The molecule has 0 amide bonds. The van der Waals surface area contributed by atoms with Crippen LogP contribution in [0.2, 0.25) is 0 Å². The van der Waals surface area contributed by atoms with Gasteiger partial charge in [0.15, 0.2) is 0 Å². The van der Waals surface area contributed by atoms with Crippen LogP contribution in [0.1, 0.15) is 58.3 Å². The van der Waals surface area contributed by atoms with Gasteiger partial charge in [-0.05, 0) is 25.2 Å². The third kappa shape index (κ3) is 3.44. The molecule has 1 nitrogen and oxygen atoms in total. The lowest BCUT2D eigenvalue weighted by molar-refractivity contribution is 0.543. The van der Waals surface area contributed by atoms with Crippen LogP contribution >= 0.6 is 11.8 Å². The minimum absolute atomic E-state index is 0.797. The third-order valence-corrected chi connectivity index (χ3v) is 5.12. The molecule has 0 fully saturated rings. The summed E-state index contributed by atoms with van der Waals surface area (Å²) in [5.41, 5.74) is 1.59. The van der Waals surface area contributed by atoms with Gasteiger partial charge in [0.1, 0.15) is 0 Å². The van der Waals surface area contributed by atoms with Crippen LogP contribution in [0, 0.1) is 5.92 Å². The Kier molecular flexibility index (Phi) is 5.08. The fourth-order valence-corrected chi connectivity index (χ4v) is 3.95. The van der Waals surface area contributed by atoms with Gasteiger partial charge in [-0.15, -0.1) is 11.8 Å². The minimum atomic E-state index is 0.797. The molecular weight excluding hydrogens is 214 g/mol. The zero-order valence-corrected chi connectivity index (χ0v) is 11.4. The third-order valence-electron chi connectivity index (χ3n) is 3.76. The average Bonchev–Trinajstić information content (AvgIpc) is 2.35. The summed E-state index contributed by atoms with van der Waals surface area (Å²) >= 11 is 2.12. The van der Waals surface area contributed by atoms with Crippen LogP contribution < -0.4 is 5.32 Å². The molecule has 1 atom stereocenters. The van der Waals surface area contributed by atoms with E-state index in [0.29, 0.717) is 0 Å². The van der Waals surface area contributed by atoms with E-state index < -0.39 is 0 Å². The highest BCUT2D eigenvalue weighted by molar-refractivity contribution is 8.03. The molecule has 0 radical (unpaired) electrons. The topological polar surface area (TPSA) is 12.0 Å². The van der Waals surface area contributed by atoms with Gasteiger partial charge >= 0.3 is 0 Å². The second kappa shape index (κ2) is 6.58. The Morgan fingerprint density at radius 3 is 2.69 bits per heavy atom. The molecule has 2 heteroatoms. The molecule has 92 valence electrons. The van der Waals surface area contributed by atoms with Crippen molar-refractivity contribution in [2.24, 2.45) is 5.92 Å². The van der Waals surface area contributed by atoms with Crippen LogP contribution in [0.25, 0.3) is 0 Å². The van der Waals surface area contributed by atoms with Crippen molar-refractivity contribution in [3.8, 4) is 0 Å². The molecule has 1 unspecified atom stereocenters. The number of allylic oxidation sites excluding steroid dienone is 2. The van der Waals surface area contributed by atoms with Crippen molar-refractivity contribution < 1.29 is 0 Å². The molecule has 1 N–H and O–H groups in total. The van der Waals surface area contributed by atoms with E-state index in [0.717, 1.165) is 5.92 Å². The molecule has 0 aromatic heterocycles. The van der Waals surface area contributed by atoms with Crippen molar-refractivity contribution in [3.63, 3.8) is 0 Å². The van der Waals surface area contributed by atoms with Crippen molar-refractivity contribution >= 4 is 11.8 Å². The van der Waals surface area contributed by atoms with Gasteiger partial charge in [0, 0.05) is 22.9 Å². The first kappa shape index (κ1) is 12.3. The van der Waals surface area contributed by atoms with E-state index >= 15 is 0 Å². The first-order valence-electron chi connectivity index (χ1n) is 6.97. The first-order valence-corrected chi connectivity index (χ1v) is 7.96. The Morgan fingerprint density at radius 2 is 1.81 bits per heavy atom. The van der Waals surface area contributed by atoms with E-state index in [1.807, 2.05) is 0 Å². The van der Waals surface area contributed by atoms with Crippen LogP contribution in [0.5, 0.6) is 0 Å². The highest BCUT2D eigenvalue weighted by atomic mass is 32.2. The number of hydrogen-bond donors (Lipinski definition) is 1. The van der Waals surface area contributed by atoms with Gasteiger partial charge < -0.3 is 5.32 Å². The smallest absolute Gasteiger partial charge is 0.0238 e. The summed E-state index contributed by atoms with van der Waals surface area (Å²) in [6.07, 6.45) is 11.3. The zero-order valence-electron chi connectivity index (χ0n) is 10.6. The van der Waals surface area contributed by atoms with Gasteiger partial charge in [-0.3, -0.25) is 0 Å². The van der Waals surface area contributed by atoms with Crippen molar-refractivity contribution in [2.75, 3.05) is 12.3 Å². The van der Waals surface area contributed by atoms with Crippen molar-refractivity contribution in [1.29, 1.82) is 0 Å². The second-order valence-corrected chi connectivity index (χ2v) is 6.32. The Labute approximate surface area is 104 Å². The lowest BCUT2D eigenvalue weighted by atomic mass is 10.0. The van der Waals surface area contributed by atoms with Crippen LogP contribution in [0.15, 0.2) is 10.6 Å². The van der Waals surface area contributed by atoms with Gasteiger partial charge in [0.25, 0.3) is 0 Å². The van der Waals surface area contributed by atoms with Crippen LogP contribution in [0.3, 0.4) is 0 Å². The largest absolute Gasteiger partial charge is 0.387 e. The number of nitrogens with one attached hydrogen (secondary N) is 1. The van der Waals surface area contributed by atoms with E-state index in [4.69, 9.17) is 0 Å². The van der Waals surface area contributed by atoms with Gasteiger partial charge in [-0.1, -0.05) is 39.0 Å². The Hall–Kier alpha value is -0.110. The molecule has 16 heavy (non-hydrogen) atoms. The van der Waals surface area contributed by atoms with Gasteiger partial charge in [-0.25, -0.2) is 0 Å². The zero-order chi connectivity index (χ0) is 11.2. The predicted octanol–water partition coefficient (Wildman–Crippen LogP) is 4.30. The quantitative estimate of drug-likeness (QED) is 0.676. The Morgan fingerprint density at radius 1 is 1.06 bits per heavy atom. The molecule has 0 aromatic carbocycles. The number of rotatable bonds is 0. The molecule has 0 saturated heterocycles. The fourth-order valence-electron chi connectivity index (χ4n) is 2.78. The van der Waals surface area contributed by atoms with Gasteiger partial charge in [-0.2, -0.15) is 0 Å². The summed E-state index contributed by atoms with van der Waals surface area (Å²) in [4.78, 5) is 1.69. The summed E-state index contributed by atoms with van der Waals surface area (Å²) in [5, 5.41) is 3.65. The summed E-state index contributed by atoms with van der Waals surface area (Å²) in [6.45, 7) is 3.60. The predicted molar refractivity (Wildman–Crippen MR) is 73.6 cm³/mol. The molecule has 2 aliphatic rings. The maximum atomic E-state index is 3.65. The highest BCUT2D eigenvalue weighted by Gasteiger charge is 2.18. The maximum Gasteiger partial charge on any atom is 0.0238 e. The van der Waals surface area contributed by atoms with E-state index in [9.17, 15) is 0 Å². The minimum Gasteiger partial charge on any atom is -0.387 e. The van der Waals surface area contributed by atoms with E-state index in [1.54, 1.807) is 10.6 Å². The molecule has 1 heterocycles. The van der Waals surface area contributed by atoms with E-state index in [-0.39, 0.29) is 0 Å². The summed E-state index contributed by atoms with van der Waals surface area (Å²) < 4.78 is 0. The fraction of sp³-hybridized carbons (Fsp3) is 0.857. The Bertz CT molecular complexity index is 247. The molecule has 0 saturated carbocycles. The van der Waals surface area contributed by atoms with Crippen LogP contribution in [-0.4, -0.2) is 12.3 Å². The molecule has 1 aliphatic heterocycles. The van der Waals surface area contributed by atoms with Crippen molar-refractivity contribution in [3.05, 3.63) is 10.6 Å². The molecular formula is C14H25NS. The lowest BCUT2D eigenvalue weighted by Crippen LogP contribution is -2.24. The van der Waals surface area contributed by atoms with Crippen molar-refractivity contribution in [1.82, 2.24) is 5.32 Å². The molecule has 0 aromatic rings. The Balaban J connectivity index is 2.04. The summed E-state index contributed by atoms with van der Waals surface area (Å²) in [7, 11) is 0. The van der Waals surface area contributed by atoms with Crippen molar-refractivity contribution in [2.45, 2.75) is 58.3 Å². The van der Waals surface area contributed by atoms with Gasteiger partial charge in [0.05, 0.1) is 0 Å². The van der Waals surface area contributed by atoms with Crippen LogP contribution in [-0.2, 0) is 0 Å². The highest BCUT2D eigenvalue weighted by Crippen LogP contribution is 2.34. The molecule has 2 rings (SSSR count). The number of thioether (sulfide) groups is 1. The first-order chi connectivity index (χ1) is 7.88. The molecule has 1 aliphatic carbocycles. The van der Waals surface area contributed by atoms with Crippen LogP contribution in [0.4, 0.5) is 0 Å². The maximum absolute atomic E-state index is 3.65. The monoisotopic (exact) mass is 239 g/mol. The average molecular weight is 239 g/mol. The van der Waals surface area contributed by atoms with E-state index in [1.165, 1.54) is 63.7 Å².